The van der Waals surface area contributed by atoms with E-state index in [-0.39, 0.29) is 0 Å². The summed E-state index contributed by atoms with van der Waals surface area (Å²) in [7, 11) is 0.0563. The molecule has 1 nitrogen and oxygen atoms in total. The van der Waals surface area contributed by atoms with E-state index < -0.39 is 15.8 Å². The summed E-state index contributed by atoms with van der Waals surface area (Å²) in [5.41, 5.74) is 2.28. The van der Waals surface area contributed by atoms with Crippen molar-refractivity contribution >= 4 is 47.7 Å². The van der Waals surface area contributed by atoms with Crippen LogP contribution >= 0.6 is 15.8 Å². The molecule has 0 spiro atoms. The van der Waals surface area contributed by atoms with Gasteiger partial charge in [0, 0.05) is 10.9 Å². The van der Waals surface area contributed by atoms with Gasteiger partial charge < -0.3 is 4.74 Å². The molecule has 0 unspecified atom stereocenters. The van der Waals surface area contributed by atoms with E-state index in [9.17, 15) is 0 Å². The molecular formula is C37H30OP2. The normalized spacial score (nSPS) is 11.1. The molecule has 6 rings (SSSR count). The molecular weight excluding hydrogens is 522 g/mol. The van der Waals surface area contributed by atoms with Crippen LogP contribution in [0.5, 0.6) is 5.75 Å². The number of hydrogen-bond acceptors (Lipinski definition) is 1. The van der Waals surface area contributed by atoms with Crippen LogP contribution in [-0.2, 0) is 0 Å². The van der Waals surface area contributed by atoms with Crippen LogP contribution in [0.25, 0.3) is 11.1 Å². The molecule has 0 N–H and O–H groups in total. The topological polar surface area (TPSA) is 9.23 Å². The molecule has 0 aliphatic carbocycles. The summed E-state index contributed by atoms with van der Waals surface area (Å²) in [5, 5.41) is 7.90. The lowest BCUT2D eigenvalue weighted by Gasteiger charge is -2.30. The Balaban J connectivity index is 1.72. The lowest BCUT2D eigenvalue weighted by molar-refractivity contribution is 0.420. The minimum absolute atomic E-state index is 0.847. The van der Waals surface area contributed by atoms with E-state index in [0.717, 1.165) is 16.9 Å². The van der Waals surface area contributed by atoms with E-state index in [1.165, 1.54) is 31.8 Å². The molecule has 6 aromatic rings. The molecule has 0 aliphatic rings. The van der Waals surface area contributed by atoms with Crippen LogP contribution in [0.15, 0.2) is 164 Å². The summed E-state index contributed by atoms with van der Waals surface area (Å²) < 4.78 is 6.44. The van der Waals surface area contributed by atoms with Gasteiger partial charge in [0.15, 0.2) is 0 Å². The fraction of sp³-hybridized carbons (Fsp3) is 0.0270. The second-order valence-electron chi connectivity index (χ2n) is 9.39. The van der Waals surface area contributed by atoms with Crippen molar-refractivity contribution in [2.75, 3.05) is 7.11 Å². The molecule has 0 aromatic heterocycles. The van der Waals surface area contributed by atoms with Crippen molar-refractivity contribution in [1.29, 1.82) is 0 Å². The van der Waals surface area contributed by atoms with Gasteiger partial charge in [-0.15, -0.1) is 0 Å². The van der Waals surface area contributed by atoms with Crippen LogP contribution in [-0.4, -0.2) is 7.11 Å². The zero-order chi connectivity index (χ0) is 27.1. The third-order valence-corrected chi connectivity index (χ3v) is 12.1. The largest absolute Gasteiger partial charge is 0.495 e. The van der Waals surface area contributed by atoms with Crippen LogP contribution in [0.3, 0.4) is 0 Å². The standard InChI is InChI=1S/C37H30OP2/c1-38-36-34(29-17-7-2-8-18-29)27-28-35(39(30-19-9-3-10-20-30)31-21-11-4-12-22-31)37(36)40(32-23-13-5-14-24-32)33-25-15-6-16-26-33/h2-28H,1H3. The first-order chi connectivity index (χ1) is 19.8. The Bertz CT molecular complexity index is 1580. The van der Waals surface area contributed by atoms with Gasteiger partial charge in [-0.2, -0.15) is 0 Å². The predicted octanol–water partition coefficient (Wildman–Crippen LogP) is 6.88. The maximum absolute atomic E-state index is 6.44. The molecule has 0 amide bonds. The first-order valence-corrected chi connectivity index (χ1v) is 16.1. The summed E-state index contributed by atoms with van der Waals surface area (Å²) in [5.74, 6) is 0.960. The maximum Gasteiger partial charge on any atom is 0.135 e. The SMILES string of the molecule is COc1c(-c2ccccc2)ccc(P(c2ccccc2)c2ccccc2)c1P(c1ccccc1)c1ccccc1. The summed E-state index contributed by atoms with van der Waals surface area (Å²) in [6.45, 7) is 0. The molecule has 0 saturated heterocycles. The highest BCUT2D eigenvalue weighted by Crippen LogP contribution is 2.44. The molecule has 40 heavy (non-hydrogen) atoms. The van der Waals surface area contributed by atoms with Gasteiger partial charge in [0.05, 0.1) is 7.11 Å². The average molecular weight is 553 g/mol. The van der Waals surface area contributed by atoms with Gasteiger partial charge in [-0.05, 0) is 54.0 Å². The summed E-state index contributed by atoms with van der Waals surface area (Å²) in [4.78, 5) is 0. The van der Waals surface area contributed by atoms with Gasteiger partial charge in [-0.25, -0.2) is 0 Å². The van der Waals surface area contributed by atoms with E-state index in [1.807, 2.05) is 7.11 Å². The fourth-order valence-electron chi connectivity index (χ4n) is 5.15. The molecule has 0 bridgehead atoms. The zero-order valence-electron chi connectivity index (χ0n) is 22.4. The van der Waals surface area contributed by atoms with E-state index in [0.29, 0.717) is 0 Å². The lowest BCUT2D eigenvalue weighted by Crippen LogP contribution is -2.35. The van der Waals surface area contributed by atoms with E-state index in [4.69, 9.17) is 4.74 Å². The number of hydrogen-bond donors (Lipinski definition) is 0. The quantitative estimate of drug-likeness (QED) is 0.187. The van der Waals surface area contributed by atoms with Crippen molar-refractivity contribution < 1.29 is 4.74 Å². The van der Waals surface area contributed by atoms with Crippen LogP contribution < -0.4 is 36.6 Å². The monoisotopic (exact) mass is 552 g/mol. The van der Waals surface area contributed by atoms with Gasteiger partial charge in [0.1, 0.15) is 5.75 Å². The lowest BCUT2D eigenvalue weighted by atomic mass is 10.0. The molecule has 0 fully saturated rings. The van der Waals surface area contributed by atoms with Gasteiger partial charge in [0.2, 0.25) is 0 Å². The van der Waals surface area contributed by atoms with Gasteiger partial charge >= 0.3 is 0 Å². The van der Waals surface area contributed by atoms with Crippen molar-refractivity contribution in [3.63, 3.8) is 0 Å². The minimum Gasteiger partial charge on any atom is -0.495 e. The molecule has 0 saturated carbocycles. The molecule has 0 aliphatic heterocycles. The number of ether oxygens (including phenoxy) is 1. The van der Waals surface area contributed by atoms with E-state index in [1.54, 1.807) is 0 Å². The molecule has 0 atom stereocenters. The second kappa shape index (κ2) is 12.4. The fourth-order valence-corrected chi connectivity index (χ4v) is 10.6. The Hall–Kier alpha value is -4.02. The first-order valence-electron chi connectivity index (χ1n) is 13.4. The predicted molar refractivity (Wildman–Crippen MR) is 176 cm³/mol. The minimum atomic E-state index is -0.922. The number of benzene rings is 6. The Morgan fingerprint density at radius 2 is 0.775 bits per heavy atom. The third kappa shape index (κ3) is 5.37. The summed E-state index contributed by atoms with van der Waals surface area (Å²) >= 11 is 0. The molecule has 0 heterocycles. The smallest absolute Gasteiger partial charge is 0.135 e. The Kier molecular flexibility index (Phi) is 8.15. The zero-order valence-corrected chi connectivity index (χ0v) is 24.2. The Morgan fingerprint density at radius 3 is 1.18 bits per heavy atom. The van der Waals surface area contributed by atoms with Crippen molar-refractivity contribution in [3.8, 4) is 16.9 Å². The average Bonchev–Trinajstić information content (AvgIpc) is 3.04. The molecule has 6 aromatic carbocycles. The van der Waals surface area contributed by atoms with Gasteiger partial charge in [-0.1, -0.05) is 158 Å². The molecule has 194 valence electrons. The van der Waals surface area contributed by atoms with Crippen LogP contribution in [0.4, 0.5) is 0 Å². The van der Waals surface area contributed by atoms with E-state index >= 15 is 0 Å². The van der Waals surface area contributed by atoms with Gasteiger partial charge in [-0.3, -0.25) is 0 Å². The number of rotatable bonds is 8. The molecule has 0 radical (unpaired) electrons. The summed E-state index contributed by atoms with van der Waals surface area (Å²) in [6, 6.07) is 59.0. The Labute approximate surface area is 239 Å². The van der Waals surface area contributed by atoms with Crippen molar-refractivity contribution in [3.05, 3.63) is 164 Å². The van der Waals surface area contributed by atoms with Crippen LogP contribution in [0.1, 0.15) is 0 Å². The van der Waals surface area contributed by atoms with Gasteiger partial charge in [0.25, 0.3) is 0 Å². The van der Waals surface area contributed by atoms with Crippen LogP contribution in [0, 0.1) is 0 Å². The van der Waals surface area contributed by atoms with Crippen molar-refractivity contribution in [2.24, 2.45) is 0 Å². The highest BCUT2D eigenvalue weighted by Gasteiger charge is 2.30. The van der Waals surface area contributed by atoms with Crippen LogP contribution in [0.2, 0.25) is 0 Å². The first kappa shape index (κ1) is 26.2. The molecule has 3 heteroatoms. The summed E-state index contributed by atoms with van der Waals surface area (Å²) in [6.07, 6.45) is 0. The highest BCUT2D eigenvalue weighted by molar-refractivity contribution is 7.85. The number of methoxy groups -OCH3 is 1. The van der Waals surface area contributed by atoms with Crippen molar-refractivity contribution in [1.82, 2.24) is 0 Å². The van der Waals surface area contributed by atoms with Crippen molar-refractivity contribution in [2.45, 2.75) is 0 Å². The van der Waals surface area contributed by atoms with E-state index in [2.05, 4.69) is 164 Å². The second-order valence-corrected chi connectivity index (χ2v) is 13.7. The maximum atomic E-state index is 6.44. The highest BCUT2D eigenvalue weighted by atomic mass is 31.1. The Morgan fingerprint density at radius 1 is 0.400 bits per heavy atom. The third-order valence-electron chi connectivity index (χ3n) is 6.92.